The van der Waals surface area contributed by atoms with E-state index in [1.165, 1.54) is 4.90 Å². The Morgan fingerprint density at radius 3 is 2.72 bits per heavy atom. The molecular formula is C11H20N2O5. The number of rotatable bonds is 4. The molecule has 18 heavy (non-hydrogen) atoms. The first-order valence-electron chi connectivity index (χ1n) is 5.91. The van der Waals surface area contributed by atoms with Crippen LogP contribution in [0.4, 0.5) is 4.79 Å². The van der Waals surface area contributed by atoms with Gasteiger partial charge in [0.25, 0.3) is 0 Å². The van der Waals surface area contributed by atoms with Gasteiger partial charge >= 0.3 is 12.0 Å². The topological polar surface area (TPSA) is 99.1 Å². The third-order valence-electron chi connectivity index (χ3n) is 3.26. The molecule has 7 heteroatoms. The van der Waals surface area contributed by atoms with E-state index in [0.29, 0.717) is 19.0 Å². The van der Waals surface area contributed by atoms with Crippen LogP contribution >= 0.6 is 0 Å². The number of likely N-dealkylation sites (tertiary alicyclic amines) is 1. The van der Waals surface area contributed by atoms with Crippen molar-refractivity contribution in [2.75, 3.05) is 26.8 Å². The number of carboxylic acids is 1. The third-order valence-corrected chi connectivity index (χ3v) is 3.26. The smallest absolute Gasteiger partial charge is 0.328 e. The Labute approximate surface area is 106 Å². The molecule has 104 valence electrons. The molecule has 1 heterocycles. The number of urea groups is 1. The Bertz CT molecular complexity index is 310. The maximum atomic E-state index is 11.8. The summed E-state index contributed by atoms with van der Waals surface area (Å²) < 4.78 is 5.28. The minimum atomic E-state index is -1.27. The fraction of sp³-hybridized carbons (Fsp3) is 0.818. The number of amides is 2. The summed E-state index contributed by atoms with van der Waals surface area (Å²) in [5.41, 5.74) is 0. The lowest BCUT2D eigenvalue weighted by atomic mass is 9.96. The van der Waals surface area contributed by atoms with Crippen molar-refractivity contribution >= 4 is 12.0 Å². The number of aliphatic hydroxyl groups is 1. The van der Waals surface area contributed by atoms with E-state index < -0.39 is 24.6 Å². The van der Waals surface area contributed by atoms with E-state index in [9.17, 15) is 9.59 Å². The van der Waals surface area contributed by atoms with Crippen LogP contribution in [0, 0.1) is 5.92 Å². The molecule has 0 bridgehead atoms. The molecular weight excluding hydrogens is 240 g/mol. The van der Waals surface area contributed by atoms with Crippen LogP contribution in [0.3, 0.4) is 0 Å². The number of carbonyl (C=O) groups excluding carboxylic acids is 1. The molecule has 0 radical (unpaired) electrons. The highest BCUT2D eigenvalue weighted by Gasteiger charge is 2.30. The zero-order valence-electron chi connectivity index (χ0n) is 10.6. The van der Waals surface area contributed by atoms with Crippen LogP contribution < -0.4 is 5.32 Å². The second-order valence-electron chi connectivity index (χ2n) is 4.51. The van der Waals surface area contributed by atoms with Gasteiger partial charge in [-0.05, 0) is 12.3 Å². The summed E-state index contributed by atoms with van der Waals surface area (Å²) in [7, 11) is 1.59. The zero-order chi connectivity index (χ0) is 13.7. The Kier molecular flexibility index (Phi) is 5.36. The number of nitrogens with one attached hydrogen (secondary N) is 1. The lowest BCUT2D eigenvalue weighted by Gasteiger charge is -2.36. The van der Waals surface area contributed by atoms with Gasteiger partial charge in [0.1, 0.15) is 0 Å². The molecule has 2 amide bonds. The van der Waals surface area contributed by atoms with E-state index in [0.717, 1.165) is 6.42 Å². The van der Waals surface area contributed by atoms with Gasteiger partial charge < -0.3 is 25.2 Å². The molecule has 0 saturated carbocycles. The molecule has 1 rings (SSSR count). The number of aliphatic hydroxyl groups excluding tert-OH is 1. The Morgan fingerprint density at radius 1 is 1.56 bits per heavy atom. The van der Waals surface area contributed by atoms with Crippen molar-refractivity contribution in [3.63, 3.8) is 0 Å². The van der Waals surface area contributed by atoms with Gasteiger partial charge in [-0.1, -0.05) is 6.92 Å². The number of methoxy groups -OCH3 is 1. The van der Waals surface area contributed by atoms with E-state index in [1.807, 2.05) is 0 Å². The second-order valence-corrected chi connectivity index (χ2v) is 4.51. The summed E-state index contributed by atoms with van der Waals surface area (Å²) in [6, 6.07) is -1.75. The molecule has 0 spiro atoms. The molecule has 3 N–H and O–H groups in total. The molecule has 1 fully saturated rings. The minimum absolute atomic E-state index is 0.0399. The quantitative estimate of drug-likeness (QED) is 0.633. The number of hydrogen-bond donors (Lipinski definition) is 3. The van der Waals surface area contributed by atoms with Crippen molar-refractivity contribution in [1.82, 2.24) is 10.2 Å². The number of aliphatic carboxylic acids is 1. The van der Waals surface area contributed by atoms with Crippen LogP contribution in [-0.4, -0.2) is 66.1 Å². The van der Waals surface area contributed by atoms with Crippen molar-refractivity contribution in [2.45, 2.75) is 25.5 Å². The van der Waals surface area contributed by atoms with Crippen LogP contribution in [0.5, 0.6) is 0 Å². The summed E-state index contributed by atoms with van der Waals surface area (Å²) in [6.45, 7) is 2.42. The first-order chi connectivity index (χ1) is 8.49. The highest BCUT2D eigenvalue weighted by atomic mass is 16.5. The van der Waals surface area contributed by atoms with E-state index in [-0.39, 0.29) is 6.10 Å². The van der Waals surface area contributed by atoms with Gasteiger partial charge in [0.2, 0.25) is 0 Å². The Balaban J connectivity index is 2.54. The predicted molar refractivity (Wildman–Crippen MR) is 63.2 cm³/mol. The highest BCUT2D eigenvalue weighted by molar-refractivity contribution is 5.82. The van der Waals surface area contributed by atoms with Gasteiger partial charge in [0, 0.05) is 20.2 Å². The fourth-order valence-electron chi connectivity index (χ4n) is 1.95. The molecule has 3 atom stereocenters. The van der Waals surface area contributed by atoms with Gasteiger partial charge in [-0.15, -0.1) is 0 Å². The van der Waals surface area contributed by atoms with Gasteiger partial charge in [-0.3, -0.25) is 0 Å². The number of ether oxygens (including phenoxy) is 1. The molecule has 3 unspecified atom stereocenters. The average molecular weight is 260 g/mol. The maximum absolute atomic E-state index is 11.8. The molecule has 0 aliphatic carbocycles. The Morgan fingerprint density at radius 2 is 2.22 bits per heavy atom. The second kappa shape index (κ2) is 6.55. The number of hydrogen-bond acceptors (Lipinski definition) is 4. The molecule has 1 saturated heterocycles. The molecule has 1 aliphatic heterocycles. The van der Waals surface area contributed by atoms with Crippen LogP contribution in [0.2, 0.25) is 0 Å². The largest absolute Gasteiger partial charge is 0.480 e. The summed E-state index contributed by atoms with van der Waals surface area (Å²) in [4.78, 5) is 24.0. The van der Waals surface area contributed by atoms with E-state index in [2.05, 4.69) is 12.2 Å². The first kappa shape index (κ1) is 14.7. The van der Waals surface area contributed by atoms with Crippen molar-refractivity contribution in [3.05, 3.63) is 0 Å². The molecule has 0 aromatic carbocycles. The monoisotopic (exact) mass is 260 g/mol. The number of carbonyl (C=O) groups is 2. The maximum Gasteiger partial charge on any atom is 0.328 e. The third kappa shape index (κ3) is 3.58. The number of nitrogens with zero attached hydrogens (tertiary/aromatic N) is 1. The van der Waals surface area contributed by atoms with Crippen LogP contribution in [0.15, 0.2) is 0 Å². The molecule has 0 aromatic heterocycles. The first-order valence-corrected chi connectivity index (χ1v) is 5.91. The lowest BCUT2D eigenvalue weighted by Crippen LogP contribution is -2.54. The summed E-state index contributed by atoms with van der Waals surface area (Å²) in [6.07, 6.45) is 0.768. The van der Waals surface area contributed by atoms with Crippen molar-refractivity contribution in [3.8, 4) is 0 Å². The van der Waals surface area contributed by atoms with E-state index >= 15 is 0 Å². The van der Waals surface area contributed by atoms with Gasteiger partial charge in [-0.25, -0.2) is 9.59 Å². The zero-order valence-corrected chi connectivity index (χ0v) is 10.6. The SMILES string of the molecule is COC1CN(C(=O)NC(CO)C(=O)O)CCC1C. The van der Waals surface area contributed by atoms with Crippen LogP contribution in [-0.2, 0) is 9.53 Å². The lowest BCUT2D eigenvalue weighted by molar-refractivity contribution is -0.140. The number of piperidine rings is 1. The van der Waals surface area contributed by atoms with E-state index in [1.54, 1.807) is 7.11 Å². The van der Waals surface area contributed by atoms with Gasteiger partial charge in [-0.2, -0.15) is 0 Å². The highest BCUT2D eigenvalue weighted by Crippen LogP contribution is 2.19. The average Bonchev–Trinajstić information content (AvgIpc) is 2.35. The van der Waals surface area contributed by atoms with Crippen molar-refractivity contribution in [2.24, 2.45) is 5.92 Å². The molecule has 0 aromatic rings. The molecule has 7 nitrogen and oxygen atoms in total. The van der Waals surface area contributed by atoms with E-state index in [4.69, 9.17) is 14.9 Å². The summed E-state index contributed by atoms with van der Waals surface area (Å²) in [5.74, 6) is -0.883. The minimum Gasteiger partial charge on any atom is -0.480 e. The fourth-order valence-corrected chi connectivity index (χ4v) is 1.95. The predicted octanol–water partition coefficient (Wildman–Crippen LogP) is -0.502. The van der Waals surface area contributed by atoms with Crippen LogP contribution in [0.1, 0.15) is 13.3 Å². The summed E-state index contributed by atoms with van der Waals surface area (Å²) >= 11 is 0. The van der Waals surface area contributed by atoms with Crippen LogP contribution in [0.25, 0.3) is 0 Å². The van der Waals surface area contributed by atoms with Crippen molar-refractivity contribution in [1.29, 1.82) is 0 Å². The van der Waals surface area contributed by atoms with Crippen molar-refractivity contribution < 1.29 is 24.5 Å². The van der Waals surface area contributed by atoms with Gasteiger partial charge in [0.15, 0.2) is 6.04 Å². The normalized spacial score (nSPS) is 25.6. The Hall–Kier alpha value is -1.34. The standard InChI is InChI=1S/C11H20N2O5/c1-7-3-4-13(5-9(7)18-2)11(17)12-8(6-14)10(15)16/h7-9,14H,3-6H2,1-2H3,(H,12,17)(H,15,16). The number of carboxylic acid groups (broad SMARTS) is 1. The van der Waals surface area contributed by atoms with Gasteiger partial charge in [0.05, 0.1) is 12.7 Å². The molecule has 1 aliphatic rings. The summed E-state index contributed by atoms with van der Waals surface area (Å²) in [5, 5.41) is 19.9.